The summed E-state index contributed by atoms with van der Waals surface area (Å²) in [5.74, 6) is 0.854. The molecule has 2 rings (SSSR count). The molecule has 1 aliphatic heterocycles. The molecule has 1 saturated heterocycles. The van der Waals surface area contributed by atoms with Crippen molar-refractivity contribution in [3.05, 3.63) is 0 Å². The van der Waals surface area contributed by atoms with Gasteiger partial charge in [-0.1, -0.05) is 25.7 Å². The molecule has 0 aromatic heterocycles. The molecular weight excluding hydrogens is 250 g/mol. The van der Waals surface area contributed by atoms with E-state index in [-0.39, 0.29) is 11.9 Å². The number of hydrogen-bond acceptors (Lipinski definition) is 3. The van der Waals surface area contributed by atoms with Crippen LogP contribution >= 0.6 is 0 Å². The van der Waals surface area contributed by atoms with Crippen LogP contribution in [0.15, 0.2) is 0 Å². The van der Waals surface area contributed by atoms with Crippen molar-refractivity contribution in [1.82, 2.24) is 10.2 Å². The van der Waals surface area contributed by atoms with Crippen molar-refractivity contribution in [1.29, 1.82) is 0 Å². The summed E-state index contributed by atoms with van der Waals surface area (Å²) >= 11 is 0. The zero-order valence-electron chi connectivity index (χ0n) is 12.9. The molecule has 1 heterocycles. The van der Waals surface area contributed by atoms with Crippen LogP contribution in [0.5, 0.6) is 0 Å². The van der Waals surface area contributed by atoms with Crippen LogP contribution in [-0.4, -0.2) is 42.5 Å². The minimum Gasteiger partial charge on any atom is -0.352 e. The van der Waals surface area contributed by atoms with Crippen molar-refractivity contribution in [3.63, 3.8) is 0 Å². The summed E-state index contributed by atoms with van der Waals surface area (Å²) in [6.45, 7) is 4.70. The average molecular weight is 281 g/mol. The maximum absolute atomic E-state index is 12.1. The molecule has 1 atom stereocenters. The molecule has 0 spiro atoms. The SMILES string of the molecule is CC(N)C1CCN(CC(=O)NC2CCCCCC2)CC1. The van der Waals surface area contributed by atoms with Gasteiger partial charge in [0.15, 0.2) is 0 Å². The summed E-state index contributed by atoms with van der Waals surface area (Å²) in [6, 6.07) is 0.712. The Morgan fingerprint density at radius 3 is 2.30 bits per heavy atom. The number of nitrogens with two attached hydrogens (primary N) is 1. The molecule has 20 heavy (non-hydrogen) atoms. The number of nitrogens with zero attached hydrogens (tertiary/aromatic N) is 1. The van der Waals surface area contributed by atoms with Gasteiger partial charge in [-0.25, -0.2) is 0 Å². The first-order valence-electron chi connectivity index (χ1n) is 8.42. The van der Waals surface area contributed by atoms with Crippen molar-refractivity contribution in [2.75, 3.05) is 19.6 Å². The predicted molar refractivity (Wildman–Crippen MR) is 82.4 cm³/mol. The Bertz CT molecular complexity index is 290. The van der Waals surface area contributed by atoms with Gasteiger partial charge in [-0.2, -0.15) is 0 Å². The fourth-order valence-corrected chi connectivity index (χ4v) is 3.54. The fourth-order valence-electron chi connectivity index (χ4n) is 3.54. The molecule has 3 N–H and O–H groups in total. The Labute approximate surface area is 123 Å². The number of amides is 1. The largest absolute Gasteiger partial charge is 0.352 e. The van der Waals surface area contributed by atoms with Crippen LogP contribution in [0.1, 0.15) is 58.3 Å². The lowest BCUT2D eigenvalue weighted by Gasteiger charge is -2.33. The van der Waals surface area contributed by atoms with Crippen molar-refractivity contribution < 1.29 is 4.79 Å². The predicted octanol–water partition coefficient (Wildman–Crippen LogP) is 1.88. The summed E-state index contributed by atoms with van der Waals surface area (Å²) in [7, 11) is 0. The maximum atomic E-state index is 12.1. The van der Waals surface area contributed by atoms with Crippen LogP contribution in [0.3, 0.4) is 0 Å². The Hall–Kier alpha value is -0.610. The lowest BCUT2D eigenvalue weighted by molar-refractivity contribution is -0.123. The summed E-state index contributed by atoms with van der Waals surface area (Å²) < 4.78 is 0. The monoisotopic (exact) mass is 281 g/mol. The summed E-state index contributed by atoms with van der Waals surface area (Å²) in [5.41, 5.74) is 5.95. The zero-order chi connectivity index (χ0) is 14.4. The Morgan fingerprint density at radius 1 is 1.15 bits per heavy atom. The first kappa shape index (κ1) is 15.8. The van der Waals surface area contributed by atoms with Gasteiger partial charge in [-0.15, -0.1) is 0 Å². The van der Waals surface area contributed by atoms with Crippen molar-refractivity contribution in [3.8, 4) is 0 Å². The van der Waals surface area contributed by atoms with E-state index in [1.807, 2.05) is 0 Å². The van der Waals surface area contributed by atoms with Crippen molar-refractivity contribution in [2.45, 2.75) is 70.4 Å². The second kappa shape index (κ2) is 7.99. The van der Waals surface area contributed by atoms with Gasteiger partial charge in [0.1, 0.15) is 0 Å². The molecule has 2 aliphatic rings. The average Bonchev–Trinajstić information content (AvgIpc) is 2.68. The van der Waals surface area contributed by atoms with Gasteiger partial charge in [0.25, 0.3) is 0 Å². The van der Waals surface area contributed by atoms with E-state index >= 15 is 0 Å². The molecule has 0 aromatic carbocycles. The third kappa shape index (κ3) is 5.06. The van der Waals surface area contributed by atoms with Crippen LogP contribution in [-0.2, 0) is 4.79 Å². The minimum atomic E-state index is 0.219. The lowest BCUT2D eigenvalue weighted by atomic mass is 9.91. The van der Waals surface area contributed by atoms with E-state index in [2.05, 4.69) is 17.1 Å². The molecule has 4 nitrogen and oxygen atoms in total. The number of piperidine rings is 1. The normalized spacial score (nSPS) is 25.1. The van der Waals surface area contributed by atoms with Crippen LogP contribution in [0.2, 0.25) is 0 Å². The van der Waals surface area contributed by atoms with Crippen LogP contribution in [0.25, 0.3) is 0 Å². The van der Waals surface area contributed by atoms with E-state index in [0.29, 0.717) is 18.5 Å². The van der Waals surface area contributed by atoms with E-state index in [1.165, 1.54) is 38.5 Å². The molecule has 1 aliphatic carbocycles. The summed E-state index contributed by atoms with van der Waals surface area (Å²) in [6.07, 6.45) is 9.80. The molecule has 4 heteroatoms. The van der Waals surface area contributed by atoms with Crippen molar-refractivity contribution in [2.24, 2.45) is 11.7 Å². The fraction of sp³-hybridized carbons (Fsp3) is 0.938. The Balaban J connectivity index is 1.67. The van der Waals surface area contributed by atoms with Gasteiger partial charge in [0, 0.05) is 12.1 Å². The molecule has 1 unspecified atom stereocenters. The number of carbonyl (C=O) groups excluding carboxylic acids is 1. The maximum Gasteiger partial charge on any atom is 0.234 e. The van der Waals surface area contributed by atoms with Crippen LogP contribution in [0.4, 0.5) is 0 Å². The molecule has 0 radical (unpaired) electrons. The second-order valence-electron chi connectivity index (χ2n) is 6.73. The van der Waals surface area contributed by atoms with Crippen molar-refractivity contribution >= 4 is 5.91 Å². The topological polar surface area (TPSA) is 58.4 Å². The minimum absolute atomic E-state index is 0.219. The van der Waals surface area contributed by atoms with Crippen LogP contribution < -0.4 is 11.1 Å². The highest BCUT2D eigenvalue weighted by Crippen LogP contribution is 2.20. The third-order valence-electron chi connectivity index (χ3n) is 4.96. The van der Waals surface area contributed by atoms with Gasteiger partial charge in [0.05, 0.1) is 6.54 Å². The van der Waals surface area contributed by atoms with E-state index in [0.717, 1.165) is 25.9 Å². The standard InChI is InChI=1S/C16H31N3O/c1-13(17)14-8-10-19(11-9-14)12-16(20)18-15-6-4-2-3-5-7-15/h13-15H,2-12,17H2,1H3,(H,18,20). The highest BCUT2D eigenvalue weighted by atomic mass is 16.2. The zero-order valence-corrected chi connectivity index (χ0v) is 12.9. The van der Waals surface area contributed by atoms with E-state index < -0.39 is 0 Å². The molecule has 116 valence electrons. The smallest absolute Gasteiger partial charge is 0.234 e. The quantitative estimate of drug-likeness (QED) is 0.774. The van der Waals surface area contributed by atoms with Gasteiger partial charge in [0.2, 0.25) is 5.91 Å². The summed E-state index contributed by atoms with van der Waals surface area (Å²) in [4.78, 5) is 14.4. The highest BCUT2D eigenvalue weighted by Gasteiger charge is 2.23. The Morgan fingerprint density at radius 2 is 1.75 bits per heavy atom. The van der Waals surface area contributed by atoms with Gasteiger partial charge in [-0.05, 0) is 51.6 Å². The molecule has 0 bridgehead atoms. The summed E-state index contributed by atoms with van der Waals surface area (Å²) in [5, 5.41) is 3.23. The third-order valence-corrected chi connectivity index (χ3v) is 4.96. The molecule has 0 aromatic rings. The van der Waals surface area contributed by atoms with Gasteiger partial charge >= 0.3 is 0 Å². The second-order valence-corrected chi connectivity index (χ2v) is 6.73. The molecular formula is C16H31N3O. The highest BCUT2D eigenvalue weighted by molar-refractivity contribution is 5.78. The number of hydrogen-bond donors (Lipinski definition) is 2. The van der Waals surface area contributed by atoms with E-state index in [9.17, 15) is 4.79 Å². The van der Waals surface area contributed by atoms with Gasteiger partial charge in [-0.3, -0.25) is 9.69 Å². The first-order chi connectivity index (χ1) is 9.65. The number of likely N-dealkylation sites (tertiary alicyclic amines) is 1. The number of carbonyl (C=O) groups is 1. The van der Waals surface area contributed by atoms with E-state index in [4.69, 9.17) is 5.73 Å². The molecule has 1 saturated carbocycles. The molecule has 1 amide bonds. The first-order valence-corrected chi connectivity index (χ1v) is 8.42. The number of rotatable bonds is 4. The Kier molecular flexibility index (Phi) is 6.30. The number of nitrogens with one attached hydrogen (secondary N) is 1. The van der Waals surface area contributed by atoms with Crippen LogP contribution in [0, 0.1) is 5.92 Å². The lowest BCUT2D eigenvalue weighted by Crippen LogP contribution is -2.46. The molecule has 2 fully saturated rings. The van der Waals surface area contributed by atoms with E-state index in [1.54, 1.807) is 0 Å². The van der Waals surface area contributed by atoms with Gasteiger partial charge < -0.3 is 11.1 Å².